The Morgan fingerprint density at radius 3 is 2.00 bits per heavy atom. The number of aromatic nitrogens is 3. The number of halogens is 5. The SMILES string of the molecule is C[C@@H]1Nn2c(nn(Cc3ccc(C(F)(F)F)cc3)c2=O)C(c2ccc(Cl)cc2)=C1c1ccc(Cl)cc1. The molecule has 1 aromatic heterocycles. The first-order valence-electron chi connectivity index (χ1n) is 11.0. The van der Waals surface area contributed by atoms with Gasteiger partial charge in [0.05, 0.1) is 18.2 Å². The molecule has 10 heteroatoms. The van der Waals surface area contributed by atoms with Crippen LogP contribution in [0.4, 0.5) is 13.2 Å². The highest BCUT2D eigenvalue weighted by Gasteiger charge is 2.32. The first-order valence-corrected chi connectivity index (χ1v) is 11.8. The molecule has 1 N–H and O–H groups in total. The molecule has 0 bridgehead atoms. The molecule has 1 aliphatic rings. The van der Waals surface area contributed by atoms with Crippen LogP contribution < -0.4 is 11.1 Å². The van der Waals surface area contributed by atoms with Gasteiger partial charge in [0.25, 0.3) is 0 Å². The van der Waals surface area contributed by atoms with Crippen molar-refractivity contribution in [2.75, 3.05) is 5.43 Å². The number of hydrogen-bond acceptors (Lipinski definition) is 3. The Morgan fingerprint density at radius 2 is 1.44 bits per heavy atom. The molecule has 0 aliphatic carbocycles. The van der Waals surface area contributed by atoms with Gasteiger partial charge in [0.15, 0.2) is 5.82 Å². The number of hydrogen-bond donors (Lipinski definition) is 1. The van der Waals surface area contributed by atoms with Crippen LogP contribution in [0.3, 0.4) is 0 Å². The molecule has 0 fully saturated rings. The van der Waals surface area contributed by atoms with Gasteiger partial charge in [-0.2, -0.15) is 17.8 Å². The summed E-state index contributed by atoms with van der Waals surface area (Å²) < 4.78 is 41.4. The lowest BCUT2D eigenvalue weighted by Gasteiger charge is -2.28. The molecule has 5 rings (SSSR count). The second-order valence-corrected chi connectivity index (χ2v) is 9.32. The van der Waals surface area contributed by atoms with Crippen molar-refractivity contribution in [3.8, 4) is 0 Å². The molecule has 0 saturated carbocycles. The van der Waals surface area contributed by atoms with Crippen molar-refractivity contribution in [3.63, 3.8) is 0 Å². The summed E-state index contributed by atoms with van der Waals surface area (Å²) in [6.45, 7) is 1.94. The van der Waals surface area contributed by atoms with E-state index in [0.29, 0.717) is 21.4 Å². The van der Waals surface area contributed by atoms with Crippen molar-refractivity contribution < 1.29 is 13.2 Å². The third-order valence-electron chi connectivity index (χ3n) is 5.99. The summed E-state index contributed by atoms with van der Waals surface area (Å²) in [6, 6.07) is 19.0. The van der Waals surface area contributed by atoms with Crippen LogP contribution in [-0.2, 0) is 12.7 Å². The van der Waals surface area contributed by atoms with Crippen LogP contribution >= 0.6 is 23.2 Å². The predicted octanol–water partition coefficient (Wildman–Crippen LogP) is 6.32. The molecular formula is C26H19Cl2F3N4O. The van der Waals surface area contributed by atoms with Crippen molar-refractivity contribution in [2.45, 2.75) is 25.7 Å². The fourth-order valence-electron chi connectivity index (χ4n) is 4.28. The van der Waals surface area contributed by atoms with E-state index >= 15 is 0 Å². The van der Waals surface area contributed by atoms with Gasteiger partial charge in [-0.15, -0.1) is 5.10 Å². The third kappa shape index (κ3) is 4.54. The standard InChI is InChI=1S/C26H19Cl2F3N4O/c1-15-22(17-4-10-20(27)11-5-17)23(18-6-12-21(28)13-7-18)24-33-34(25(36)35(24)32-15)14-16-2-8-19(9-3-16)26(29,30)31/h2-13,15,32H,14H2,1H3/t15-/m0/s1. The number of nitrogens with zero attached hydrogens (tertiary/aromatic N) is 3. The molecule has 0 radical (unpaired) electrons. The van der Waals surface area contributed by atoms with Gasteiger partial charge in [0.2, 0.25) is 0 Å². The Balaban J connectivity index is 1.64. The van der Waals surface area contributed by atoms with E-state index in [-0.39, 0.29) is 12.6 Å². The molecule has 184 valence electrons. The quantitative estimate of drug-likeness (QED) is 0.335. The highest BCUT2D eigenvalue weighted by atomic mass is 35.5. The van der Waals surface area contributed by atoms with Gasteiger partial charge in [0, 0.05) is 15.6 Å². The van der Waals surface area contributed by atoms with Crippen molar-refractivity contribution >= 4 is 34.3 Å². The minimum atomic E-state index is -4.43. The Kier molecular flexibility index (Phi) is 6.18. The summed E-state index contributed by atoms with van der Waals surface area (Å²) in [6.07, 6.45) is -4.43. The largest absolute Gasteiger partial charge is 0.416 e. The summed E-state index contributed by atoms with van der Waals surface area (Å²) in [4.78, 5) is 13.3. The number of benzene rings is 3. The molecule has 0 saturated heterocycles. The van der Waals surface area contributed by atoms with Crippen LogP contribution in [0, 0.1) is 0 Å². The lowest BCUT2D eigenvalue weighted by atomic mass is 9.89. The minimum absolute atomic E-state index is 0.0111. The first-order chi connectivity index (χ1) is 17.1. The highest BCUT2D eigenvalue weighted by molar-refractivity contribution is 6.31. The van der Waals surface area contributed by atoms with Crippen LogP contribution in [-0.4, -0.2) is 20.5 Å². The molecule has 3 aromatic carbocycles. The average molecular weight is 531 g/mol. The zero-order valence-electron chi connectivity index (χ0n) is 18.9. The number of rotatable bonds is 4. The Labute approximate surface area is 214 Å². The third-order valence-corrected chi connectivity index (χ3v) is 6.49. The van der Waals surface area contributed by atoms with Crippen molar-refractivity contribution in [3.05, 3.63) is 121 Å². The zero-order chi connectivity index (χ0) is 25.6. The van der Waals surface area contributed by atoms with E-state index in [1.54, 1.807) is 24.3 Å². The first kappa shape index (κ1) is 24.2. The molecule has 1 aliphatic heterocycles. The van der Waals surface area contributed by atoms with Crippen LogP contribution in [0.25, 0.3) is 11.1 Å². The van der Waals surface area contributed by atoms with Crippen molar-refractivity contribution in [2.24, 2.45) is 0 Å². The summed E-state index contributed by atoms with van der Waals surface area (Å²) in [7, 11) is 0. The summed E-state index contributed by atoms with van der Waals surface area (Å²) in [5.41, 5.74) is 5.89. The average Bonchev–Trinajstić information content (AvgIpc) is 3.14. The van der Waals surface area contributed by atoms with Crippen LogP contribution in [0.15, 0.2) is 77.6 Å². The Hall–Kier alpha value is -3.49. The Morgan fingerprint density at radius 1 is 0.889 bits per heavy atom. The molecule has 2 heterocycles. The smallest absolute Gasteiger partial charge is 0.313 e. The van der Waals surface area contributed by atoms with Gasteiger partial charge >= 0.3 is 11.9 Å². The minimum Gasteiger partial charge on any atom is -0.313 e. The van der Waals surface area contributed by atoms with E-state index in [1.807, 2.05) is 31.2 Å². The number of nitrogens with one attached hydrogen (secondary N) is 1. The van der Waals surface area contributed by atoms with Gasteiger partial charge in [-0.05, 0) is 65.6 Å². The lowest BCUT2D eigenvalue weighted by molar-refractivity contribution is -0.137. The lowest BCUT2D eigenvalue weighted by Crippen LogP contribution is -2.39. The summed E-state index contributed by atoms with van der Waals surface area (Å²) >= 11 is 12.2. The van der Waals surface area contributed by atoms with E-state index in [2.05, 4.69) is 10.5 Å². The fourth-order valence-corrected chi connectivity index (χ4v) is 4.53. The van der Waals surface area contributed by atoms with Gasteiger partial charge in [-0.25, -0.2) is 9.48 Å². The molecule has 0 spiro atoms. The normalized spacial score (nSPS) is 15.6. The molecular weight excluding hydrogens is 512 g/mol. The maximum absolute atomic E-state index is 13.3. The van der Waals surface area contributed by atoms with Crippen LogP contribution in [0.1, 0.15) is 35.0 Å². The molecule has 5 nitrogen and oxygen atoms in total. The molecule has 36 heavy (non-hydrogen) atoms. The van der Waals surface area contributed by atoms with Crippen molar-refractivity contribution in [1.82, 2.24) is 14.5 Å². The van der Waals surface area contributed by atoms with Crippen LogP contribution in [0.2, 0.25) is 10.0 Å². The molecule has 4 aromatic rings. The molecule has 1 atom stereocenters. The van der Waals surface area contributed by atoms with E-state index in [1.165, 1.54) is 21.5 Å². The van der Waals surface area contributed by atoms with E-state index in [0.717, 1.165) is 34.4 Å². The zero-order valence-corrected chi connectivity index (χ0v) is 20.4. The number of alkyl halides is 3. The Bertz CT molecular complexity index is 1500. The van der Waals surface area contributed by atoms with Crippen LogP contribution in [0.5, 0.6) is 0 Å². The predicted molar refractivity (Wildman–Crippen MR) is 135 cm³/mol. The second kappa shape index (κ2) is 9.19. The molecule has 0 unspecified atom stereocenters. The summed E-state index contributed by atoms with van der Waals surface area (Å²) in [5.74, 6) is 0.386. The van der Waals surface area contributed by atoms with E-state index in [4.69, 9.17) is 23.2 Å². The van der Waals surface area contributed by atoms with E-state index in [9.17, 15) is 18.0 Å². The maximum atomic E-state index is 13.3. The fraction of sp³-hybridized carbons (Fsp3) is 0.154. The number of fused-ring (bicyclic) bond motifs is 1. The van der Waals surface area contributed by atoms with Gasteiger partial charge in [-0.3, -0.25) is 0 Å². The topological polar surface area (TPSA) is 51.9 Å². The van der Waals surface area contributed by atoms with Gasteiger partial charge < -0.3 is 5.43 Å². The monoisotopic (exact) mass is 530 g/mol. The van der Waals surface area contributed by atoms with Gasteiger partial charge in [0.1, 0.15) is 0 Å². The molecule has 0 amide bonds. The maximum Gasteiger partial charge on any atom is 0.416 e. The highest BCUT2D eigenvalue weighted by Crippen LogP contribution is 2.37. The second-order valence-electron chi connectivity index (χ2n) is 8.45. The van der Waals surface area contributed by atoms with E-state index < -0.39 is 17.4 Å². The summed E-state index contributed by atoms with van der Waals surface area (Å²) in [5, 5.41) is 5.76. The van der Waals surface area contributed by atoms with Gasteiger partial charge in [-0.1, -0.05) is 59.6 Å². The van der Waals surface area contributed by atoms with Crippen molar-refractivity contribution in [1.29, 1.82) is 0 Å².